The van der Waals surface area contributed by atoms with Crippen molar-refractivity contribution in [3.05, 3.63) is 17.5 Å². The van der Waals surface area contributed by atoms with E-state index in [9.17, 15) is 18.3 Å². The van der Waals surface area contributed by atoms with Crippen LogP contribution in [0.1, 0.15) is 38.5 Å². The first-order chi connectivity index (χ1) is 11.5. The fourth-order valence-corrected chi connectivity index (χ4v) is 6.12. The number of nitrogens with one attached hydrogen (secondary N) is 1. The molecule has 1 saturated carbocycles. The van der Waals surface area contributed by atoms with Crippen molar-refractivity contribution in [3.63, 3.8) is 0 Å². The minimum absolute atomic E-state index is 0.0533. The average molecular weight is 373 g/mol. The van der Waals surface area contributed by atoms with Gasteiger partial charge in [-0.05, 0) is 50.0 Å². The third-order valence-corrected chi connectivity index (χ3v) is 8.13. The van der Waals surface area contributed by atoms with Gasteiger partial charge in [-0.15, -0.1) is 11.3 Å². The van der Waals surface area contributed by atoms with Gasteiger partial charge < -0.3 is 10.4 Å². The van der Waals surface area contributed by atoms with Crippen molar-refractivity contribution < 1.29 is 18.3 Å². The molecule has 1 aliphatic carbocycles. The van der Waals surface area contributed by atoms with Crippen LogP contribution in [0.5, 0.6) is 0 Å². The molecule has 24 heavy (non-hydrogen) atoms. The van der Waals surface area contributed by atoms with Crippen molar-refractivity contribution in [1.29, 1.82) is 0 Å². The molecule has 6 nitrogen and oxygen atoms in total. The normalized spacial score (nSPS) is 29.3. The fraction of sp³-hybridized carbons (Fsp3) is 0.688. The Bertz CT molecular complexity index is 652. The van der Waals surface area contributed by atoms with Gasteiger partial charge in [-0.1, -0.05) is 6.07 Å². The van der Waals surface area contributed by atoms with Crippen molar-refractivity contribution >= 4 is 27.3 Å². The Hall–Kier alpha value is -0.960. The number of nitrogens with zero attached hydrogens (tertiary/aromatic N) is 1. The van der Waals surface area contributed by atoms with Crippen molar-refractivity contribution in [2.24, 2.45) is 5.92 Å². The van der Waals surface area contributed by atoms with Gasteiger partial charge in [0, 0.05) is 19.1 Å². The van der Waals surface area contributed by atoms with Crippen LogP contribution in [0.3, 0.4) is 0 Å². The number of aliphatic hydroxyl groups is 1. The number of aliphatic hydroxyl groups excluding tert-OH is 1. The second-order valence-electron chi connectivity index (χ2n) is 6.65. The number of thiophene rings is 1. The molecule has 2 fully saturated rings. The molecule has 0 bridgehead atoms. The van der Waals surface area contributed by atoms with E-state index in [1.807, 2.05) is 0 Å². The van der Waals surface area contributed by atoms with Crippen LogP contribution in [0.15, 0.2) is 21.7 Å². The molecular weight excluding hydrogens is 348 g/mol. The molecule has 8 heteroatoms. The number of amides is 1. The first-order valence-corrected chi connectivity index (χ1v) is 10.8. The molecule has 0 aromatic carbocycles. The molecule has 1 atom stereocenters. The highest BCUT2D eigenvalue weighted by atomic mass is 32.2. The van der Waals surface area contributed by atoms with Gasteiger partial charge in [-0.3, -0.25) is 4.79 Å². The summed E-state index contributed by atoms with van der Waals surface area (Å²) in [6.45, 7) is 0.723. The monoisotopic (exact) mass is 372 g/mol. The van der Waals surface area contributed by atoms with E-state index in [1.165, 1.54) is 15.6 Å². The van der Waals surface area contributed by atoms with Crippen LogP contribution in [0.4, 0.5) is 0 Å². The molecule has 2 heterocycles. The molecule has 1 aromatic rings. The first kappa shape index (κ1) is 17.8. The molecule has 0 unspecified atom stereocenters. The quantitative estimate of drug-likeness (QED) is 0.840. The van der Waals surface area contributed by atoms with E-state index in [1.54, 1.807) is 17.5 Å². The Balaban J connectivity index is 1.60. The smallest absolute Gasteiger partial charge is 0.252 e. The van der Waals surface area contributed by atoms with E-state index in [0.717, 1.165) is 19.3 Å². The lowest BCUT2D eigenvalue weighted by molar-refractivity contribution is -0.127. The molecule has 2 N–H and O–H groups in total. The summed E-state index contributed by atoms with van der Waals surface area (Å²) in [4.78, 5) is 12.5. The van der Waals surface area contributed by atoms with Gasteiger partial charge in [-0.25, -0.2) is 8.42 Å². The average Bonchev–Trinajstić information content (AvgIpc) is 3.12. The topological polar surface area (TPSA) is 86.7 Å². The van der Waals surface area contributed by atoms with Crippen LogP contribution in [0, 0.1) is 5.92 Å². The highest BCUT2D eigenvalue weighted by Crippen LogP contribution is 2.27. The van der Waals surface area contributed by atoms with Crippen LogP contribution in [0.25, 0.3) is 0 Å². The van der Waals surface area contributed by atoms with Gasteiger partial charge in [-0.2, -0.15) is 4.31 Å². The van der Waals surface area contributed by atoms with E-state index < -0.39 is 10.0 Å². The maximum Gasteiger partial charge on any atom is 0.252 e. The standard InChI is InChI=1S/C16H24N2O4S2/c19-14-7-5-13(6-8-14)17-16(20)12-3-1-9-18(11-12)24(21,22)15-4-2-10-23-15/h2,4,10,12-14,19H,1,3,5-9,11H2,(H,17,20)/t12-,13?,14?/m0/s1. The molecular formula is C16H24N2O4S2. The Morgan fingerprint density at radius 2 is 2.00 bits per heavy atom. The lowest BCUT2D eigenvalue weighted by atomic mass is 9.92. The van der Waals surface area contributed by atoms with E-state index in [0.29, 0.717) is 30.0 Å². The predicted molar refractivity (Wildman–Crippen MR) is 92.2 cm³/mol. The highest BCUT2D eigenvalue weighted by molar-refractivity contribution is 7.91. The van der Waals surface area contributed by atoms with Gasteiger partial charge in [0.05, 0.1) is 12.0 Å². The maximum atomic E-state index is 12.6. The molecule has 1 aromatic heterocycles. The Kier molecular flexibility index (Phi) is 5.59. The maximum absolute atomic E-state index is 12.6. The largest absolute Gasteiger partial charge is 0.393 e. The summed E-state index contributed by atoms with van der Waals surface area (Å²) in [6.07, 6.45) is 4.18. The van der Waals surface area contributed by atoms with Gasteiger partial charge in [0.1, 0.15) is 4.21 Å². The summed E-state index contributed by atoms with van der Waals surface area (Å²) < 4.78 is 27.0. The summed E-state index contributed by atoms with van der Waals surface area (Å²) in [6, 6.07) is 3.44. The van der Waals surface area contributed by atoms with Crippen LogP contribution < -0.4 is 5.32 Å². The summed E-state index contributed by atoms with van der Waals surface area (Å²) in [7, 11) is -3.49. The van der Waals surface area contributed by atoms with Crippen molar-refractivity contribution in [2.45, 2.75) is 54.9 Å². The molecule has 1 amide bonds. The number of carbonyl (C=O) groups excluding carboxylic acids is 1. The Morgan fingerprint density at radius 1 is 1.25 bits per heavy atom. The molecule has 0 spiro atoms. The van der Waals surface area contributed by atoms with Crippen LogP contribution in [-0.2, 0) is 14.8 Å². The zero-order valence-corrected chi connectivity index (χ0v) is 15.2. The molecule has 1 saturated heterocycles. The molecule has 1 aliphatic heterocycles. The van der Waals surface area contributed by atoms with Gasteiger partial charge in [0.2, 0.25) is 5.91 Å². The van der Waals surface area contributed by atoms with Crippen molar-refractivity contribution in [1.82, 2.24) is 9.62 Å². The molecule has 2 aliphatic rings. The number of hydrogen-bond donors (Lipinski definition) is 2. The Morgan fingerprint density at radius 3 is 2.67 bits per heavy atom. The van der Waals surface area contributed by atoms with Crippen molar-refractivity contribution in [2.75, 3.05) is 13.1 Å². The number of carbonyl (C=O) groups is 1. The summed E-state index contributed by atoms with van der Waals surface area (Å²) in [5.41, 5.74) is 0. The second kappa shape index (κ2) is 7.51. The lowest BCUT2D eigenvalue weighted by Crippen LogP contribution is -2.48. The minimum atomic E-state index is -3.49. The summed E-state index contributed by atoms with van der Waals surface area (Å²) in [5.74, 6) is -0.345. The molecule has 134 valence electrons. The first-order valence-electron chi connectivity index (χ1n) is 8.49. The van der Waals surface area contributed by atoms with E-state index in [4.69, 9.17) is 0 Å². The van der Waals surface area contributed by atoms with Crippen molar-refractivity contribution in [3.8, 4) is 0 Å². The molecule has 0 radical (unpaired) electrons. The molecule has 3 rings (SSSR count). The van der Waals surface area contributed by atoms with Gasteiger partial charge in [0.25, 0.3) is 10.0 Å². The zero-order valence-electron chi connectivity index (χ0n) is 13.6. The third kappa shape index (κ3) is 3.99. The minimum Gasteiger partial charge on any atom is -0.393 e. The zero-order chi connectivity index (χ0) is 17.2. The predicted octanol–water partition coefficient (Wildman–Crippen LogP) is 1.57. The van der Waals surface area contributed by atoms with E-state index in [2.05, 4.69) is 5.32 Å². The van der Waals surface area contributed by atoms with E-state index >= 15 is 0 Å². The Labute approximate surface area is 146 Å². The summed E-state index contributed by atoms with van der Waals surface area (Å²) >= 11 is 1.21. The summed E-state index contributed by atoms with van der Waals surface area (Å²) in [5, 5.41) is 14.3. The highest BCUT2D eigenvalue weighted by Gasteiger charge is 2.34. The lowest BCUT2D eigenvalue weighted by Gasteiger charge is -2.33. The number of sulfonamides is 1. The fourth-order valence-electron chi connectivity index (χ4n) is 3.45. The SMILES string of the molecule is O=C(NC1CCC(O)CC1)[C@H]1CCCN(S(=O)(=O)c2cccs2)C1. The van der Waals surface area contributed by atoms with Crippen LogP contribution in [0.2, 0.25) is 0 Å². The third-order valence-electron chi connectivity index (χ3n) is 4.89. The van der Waals surface area contributed by atoms with Crippen LogP contribution >= 0.6 is 11.3 Å². The van der Waals surface area contributed by atoms with E-state index in [-0.39, 0.29) is 30.5 Å². The number of rotatable bonds is 4. The number of piperidine rings is 1. The number of hydrogen-bond acceptors (Lipinski definition) is 5. The van der Waals surface area contributed by atoms with Gasteiger partial charge >= 0.3 is 0 Å². The van der Waals surface area contributed by atoms with Crippen LogP contribution in [-0.4, -0.2) is 49.0 Å². The second-order valence-corrected chi connectivity index (χ2v) is 9.76. The van der Waals surface area contributed by atoms with Gasteiger partial charge in [0.15, 0.2) is 0 Å².